The number of halogens is 2. The molecule has 1 rings (SSSR count). The number of nitrogens with one attached hydrogen (secondary N) is 2. The van der Waals surface area contributed by atoms with Gasteiger partial charge in [0.1, 0.15) is 0 Å². The van der Waals surface area contributed by atoms with Crippen LogP contribution in [0.3, 0.4) is 0 Å². The molecular weight excluding hydrogens is 259 g/mol. The zero-order valence-corrected chi connectivity index (χ0v) is 10.8. The first-order valence-corrected chi connectivity index (χ1v) is 5.74. The van der Waals surface area contributed by atoms with Crippen LogP contribution < -0.4 is 10.6 Å². The predicted molar refractivity (Wildman–Crippen MR) is 71.5 cm³/mol. The largest absolute Gasteiger partial charge is 0.334 e. The number of urea groups is 1. The minimum absolute atomic E-state index is 0.0991. The highest BCUT2D eigenvalue weighted by Crippen LogP contribution is 2.25. The van der Waals surface area contributed by atoms with Gasteiger partial charge in [-0.1, -0.05) is 23.2 Å². The van der Waals surface area contributed by atoms with Gasteiger partial charge >= 0.3 is 6.03 Å². The van der Waals surface area contributed by atoms with Crippen molar-refractivity contribution in [2.24, 2.45) is 0 Å². The van der Waals surface area contributed by atoms with E-state index in [4.69, 9.17) is 29.6 Å². The van der Waals surface area contributed by atoms with Crippen molar-refractivity contribution in [1.82, 2.24) is 5.32 Å². The summed E-state index contributed by atoms with van der Waals surface area (Å²) in [5.41, 5.74) is 0.463. The van der Waals surface area contributed by atoms with Gasteiger partial charge in [0.05, 0.1) is 10.7 Å². The molecule has 0 fully saturated rings. The SMILES string of the molecule is C#CCC(C)NC(=O)Nc1cc(Cl)ccc1Cl. The zero-order valence-electron chi connectivity index (χ0n) is 9.26. The fourth-order valence-corrected chi connectivity index (χ4v) is 1.54. The Morgan fingerprint density at radius 3 is 2.88 bits per heavy atom. The molecule has 0 bridgehead atoms. The van der Waals surface area contributed by atoms with E-state index in [1.165, 1.54) is 0 Å². The Hall–Kier alpha value is -1.37. The van der Waals surface area contributed by atoms with Crippen molar-refractivity contribution in [2.45, 2.75) is 19.4 Å². The van der Waals surface area contributed by atoms with Crippen LogP contribution in [0.2, 0.25) is 10.0 Å². The van der Waals surface area contributed by atoms with E-state index in [-0.39, 0.29) is 12.1 Å². The molecule has 90 valence electrons. The summed E-state index contributed by atoms with van der Waals surface area (Å²) in [5.74, 6) is 2.47. The van der Waals surface area contributed by atoms with Gasteiger partial charge in [0, 0.05) is 17.5 Å². The molecule has 2 N–H and O–H groups in total. The quantitative estimate of drug-likeness (QED) is 0.811. The first-order chi connectivity index (χ1) is 8.02. The molecule has 0 aliphatic heterocycles. The first kappa shape index (κ1) is 13.7. The fraction of sp³-hybridized carbons (Fsp3) is 0.250. The highest BCUT2D eigenvalue weighted by Gasteiger charge is 2.08. The third-order valence-electron chi connectivity index (χ3n) is 1.98. The molecule has 2 amide bonds. The number of amides is 2. The lowest BCUT2D eigenvalue weighted by atomic mass is 10.2. The molecular formula is C12H12Cl2N2O. The van der Waals surface area contributed by atoms with Gasteiger partial charge in [-0.3, -0.25) is 0 Å². The smallest absolute Gasteiger partial charge is 0.319 e. The molecule has 3 nitrogen and oxygen atoms in total. The summed E-state index contributed by atoms with van der Waals surface area (Å²) in [6, 6.07) is 4.38. The Balaban J connectivity index is 2.62. The second-order valence-electron chi connectivity index (χ2n) is 3.53. The zero-order chi connectivity index (χ0) is 12.8. The lowest BCUT2D eigenvalue weighted by Gasteiger charge is -2.13. The average molecular weight is 271 g/mol. The van der Waals surface area contributed by atoms with Crippen molar-refractivity contribution in [1.29, 1.82) is 0 Å². The van der Waals surface area contributed by atoms with Gasteiger partial charge in [0.25, 0.3) is 0 Å². The van der Waals surface area contributed by atoms with E-state index in [0.29, 0.717) is 22.2 Å². The van der Waals surface area contributed by atoms with E-state index < -0.39 is 0 Å². The summed E-state index contributed by atoms with van der Waals surface area (Å²) < 4.78 is 0. The van der Waals surface area contributed by atoms with Gasteiger partial charge in [0.15, 0.2) is 0 Å². The van der Waals surface area contributed by atoms with Crippen LogP contribution in [0.15, 0.2) is 18.2 Å². The van der Waals surface area contributed by atoms with Crippen LogP contribution in [0.1, 0.15) is 13.3 Å². The first-order valence-electron chi connectivity index (χ1n) is 4.99. The molecule has 17 heavy (non-hydrogen) atoms. The van der Waals surface area contributed by atoms with Crippen molar-refractivity contribution in [3.63, 3.8) is 0 Å². The summed E-state index contributed by atoms with van der Waals surface area (Å²) in [7, 11) is 0. The normalized spacial score (nSPS) is 11.4. The van der Waals surface area contributed by atoms with Crippen molar-refractivity contribution in [2.75, 3.05) is 5.32 Å². The maximum atomic E-state index is 11.6. The van der Waals surface area contributed by atoms with E-state index in [1.807, 2.05) is 6.92 Å². The van der Waals surface area contributed by atoms with Crippen molar-refractivity contribution in [3.05, 3.63) is 28.2 Å². The second-order valence-corrected chi connectivity index (χ2v) is 4.38. The Bertz CT molecular complexity index is 454. The van der Waals surface area contributed by atoms with Gasteiger partial charge in [-0.05, 0) is 25.1 Å². The molecule has 0 radical (unpaired) electrons. The van der Waals surface area contributed by atoms with Crippen molar-refractivity contribution >= 4 is 34.9 Å². The third-order valence-corrected chi connectivity index (χ3v) is 2.54. The molecule has 1 aromatic carbocycles. The average Bonchev–Trinajstić information content (AvgIpc) is 2.23. The van der Waals surface area contributed by atoms with Crippen LogP contribution in [0, 0.1) is 12.3 Å². The molecule has 0 aromatic heterocycles. The number of anilines is 1. The van der Waals surface area contributed by atoms with E-state index >= 15 is 0 Å². The maximum Gasteiger partial charge on any atom is 0.319 e. The van der Waals surface area contributed by atoms with Gasteiger partial charge in [0.2, 0.25) is 0 Å². The van der Waals surface area contributed by atoms with Gasteiger partial charge in [-0.15, -0.1) is 12.3 Å². The molecule has 0 heterocycles. The number of hydrogen-bond donors (Lipinski definition) is 2. The number of rotatable bonds is 3. The van der Waals surface area contributed by atoms with E-state index in [0.717, 1.165) is 0 Å². The Labute approximate surface area is 110 Å². The summed E-state index contributed by atoms with van der Waals surface area (Å²) >= 11 is 11.7. The molecule has 1 atom stereocenters. The van der Waals surface area contributed by atoms with Crippen LogP contribution >= 0.6 is 23.2 Å². The van der Waals surface area contributed by atoms with Gasteiger partial charge < -0.3 is 10.6 Å². The van der Waals surface area contributed by atoms with Gasteiger partial charge in [-0.2, -0.15) is 0 Å². The fourth-order valence-electron chi connectivity index (χ4n) is 1.20. The van der Waals surface area contributed by atoms with E-state index in [9.17, 15) is 4.79 Å². The van der Waals surface area contributed by atoms with Gasteiger partial charge in [-0.25, -0.2) is 4.79 Å². The highest BCUT2D eigenvalue weighted by molar-refractivity contribution is 6.35. The molecule has 0 aliphatic carbocycles. The summed E-state index contributed by atoms with van der Waals surface area (Å²) in [6.45, 7) is 1.82. The Morgan fingerprint density at radius 1 is 1.53 bits per heavy atom. The number of terminal acetylenes is 1. The molecule has 0 saturated carbocycles. The lowest BCUT2D eigenvalue weighted by molar-refractivity contribution is 0.249. The van der Waals surface area contributed by atoms with Crippen LogP contribution in [0.5, 0.6) is 0 Å². The van der Waals surface area contributed by atoms with Crippen molar-refractivity contribution < 1.29 is 4.79 Å². The second kappa shape index (κ2) is 6.39. The number of hydrogen-bond acceptors (Lipinski definition) is 1. The molecule has 0 spiro atoms. The minimum Gasteiger partial charge on any atom is -0.334 e. The molecule has 1 aromatic rings. The van der Waals surface area contributed by atoms with Crippen LogP contribution in [-0.2, 0) is 0 Å². The maximum absolute atomic E-state index is 11.6. The van der Waals surface area contributed by atoms with E-state index in [2.05, 4.69) is 16.6 Å². The standard InChI is InChI=1S/C12H12Cl2N2O/c1-3-4-8(2)15-12(17)16-11-7-9(13)5-6-10(11)14/h1,5-8H,4H2,2H3,(H2,15,16,17). The third kappa shape index (κ3) is 4.56. The van der Waals surface area contributed by atoms with E-state index in [1.54, 1.807) is 18.2 Å². The number of carbonyl (C=O) groups is 1. The summed E-state index contributed by atoms with van der Waals surface area (Å²) in [5, 5.41) is 6.21. The topological polar surface area (TPSA) is 41.1 Å². The molecule has 1 unspecified atom stereocenters. The van der Waals surface area contributed by atoms with Crippen LogP contribution in [0.25, 0.3) is 0 Å². The van der Waals surface area contributed by atoms with Crippen LogP contribution in [-0.4, -0.2) is 12.1 Å². The predicted octanol–water partition coefficient (Wildman–Crippen LogP) is 3.53. The highest BCUT2D eigenvalue weighted by atomic mass is 35.5. The molecule has 5 heteroatoms. The monoisotopic (exact) mass is 270 g/mol. The van der Waals surface area contributed by atoms with Crippen LogP contribution in [0.4, 0.5) is 10.5 Å². The minimum atomic E-state index is -0.364. The van der Waals surface area contributed by atoms with Crippen molar-refractivity contribution in [3.8, 4) is 12.3 Å². The number of benzene rings is 1. The Morgan fingerprint density at radius 2 is 2.24 bits per heavy atom. The Kier molecular flexibility index (Phi) is 5.14. The number of carbonyl (C=O) groups excluding carboxylic acids is 1. The summed E-state index contributed by atoms with van der Waals surface area (Å²) in [6.07, 6.45) is 5.61. The summed E-state index contributed by atoms with van der Waals surface area (Å²) in [4.78, 5) is 11.6. The lowest BCUT2D eigenvalue weighted by Crippen LogP contribution is -2.35. The molecule has 0 aliphatic rings. The molecule has 0 saturated heterocycles.